The van der Waals surface area contributed by atoms with Crippen molar-refractivity contribution in [1.29, 1.82) is 0 Å². The fourth-order valence-corrected chi connectivity index (χ4v) is 4.79. The summed E-state index contributed by atoms with van der Waals surface area (Å²) in [5.41, 5.74) is 0. The topological polar surface area (TPSA) is 24.1 Å². The first-order valence-corrected chi connectivity index (χ1v) is 8.86. The fraction of sp³-hybridized carbons (Fsp3) is 1.00. The molecule has 0 aromatic heterocycles. The van der Waals surface area contributed by atoms with E-state index < -0.39 is 0 Å². The highest BCUT2D eigenvalue weighted by molar-refractivity contribution is 4.94. The van der Waals surface area contributed by atoms with Crippen molar-refractivity contribution in [2.75, 3.05) is 6.54 Å². The van der Waals surface area contributed by atoms with Crippen LogP contribution in [-0.2, 0) is 0 Å². The Labute approximate surface area is 119 Å². The van der Waals surface area contributed by atoms with Gasteiger partial charge >= 0.3 is 0 Å². The first-order valence-electron chi connectivity index (χ1n) is 8.86. The van der Waals surface area contributed by atoms with E-state index in [2.05, 4.69) is 17.6 Å². The van der Waals surface area contributed by atoms with Crippen molar-refractivity contribution < 1.29 is 0 Å². The lowest BCUT2D eigenvalue weighted by Crippen LogP contribution is -2.47. The molecule has 0 bridgehead atoms. The Morgan fingerprint density at radius 3 is 2.47 bits per heavy atom. The molecule has 110 valence electrons. The van der Waals surface area contributed by atoms with E-state index in [1.165, 1.54) is 70.8 Å². The molecule has 2 aliphatic carbocycles. The summed E-state index contributed by atoms with van der Waals surface area (Å²) in [4.78, 5) is 0. The zero-order valence-electron chi connectivity index (χ0n) is 12.7. The van der Waals surface area contributed by atoms with Gasteiger partial charge in [0.15, 0.2) is 0 Å². The van der Waals surface area contributed by atoms with Gasteiger partial charge < -0.3 is 10.6 Å². The molecule has 3 atom stereocenters. The maximum absolute atomic E-state index is 4.05. The minimum atomic E-state index is 0.818. The summed E-state index contributed by atoms with van der Waals surface area (Å²) in [5.74, 6) is 1.94. The van der Waals surface area contributed by atoms with Crippen LogP contribution in [0.25, 0.3) is 0 Å². The van der Waals surface area contributed by atoms with Crippen molar-refractivity contribution in [3.8, 4) is 0 Å². The predicted octanol–water partition coefficient (Wildman–Crippen LogP) is 3.47. The van der Waals surface area contributed by atoms with E-state index in [0.29, 0.717) is 0 Å². The molecular weight excluding hydrogens is 232 g/mol. The molecule has 2 saturated carbocycles. The fourth-order valence-electron chi connectivity index (χ4n) is 4.79. The number of hydrogen-bond acceptors (Lipinski definition) is 2. The van der Waals surface area contributed by atoms with Crippen molar-refractivity contribution in [2.45, 2.75) is 89.3 Å². The molecule has 1 heterocycles. The van der Waals surface area contributed by atoms with Gasteiger partial charge in [-0.1, -0.05) is 19.8 Å². The highest BCUT2D eigenvalue weighted by Crippen LogP contribution is 2.34. The summed E-state index contributed by atoms with van der Waals surface area (Å²) in [6, 6.07) is 2.47. The second-order valence-electron chi connectivity index (χ2n) is 7.20. The van der Waals surface area contributed by atoms with Gasteiger partial charge in [-0.05, 0) is 69.7 Å². The highest BCUT2D eigenvalue weighted by atomic mass is 15.0. The molecule has 0 aromatic rings. The van der Waals surface area contributed by atoms with Crippen LogP contribution in [0.5, 0.6) is 0 Å². The Morgan fingerprint density at radius 1 is 0.947 bits per heavy atom. The largest absolute Gasteiger partial charge is 0.314 e. The minimum absolute atomic E-state index is 0.818. The lowest BCUT2D eigenvalue weighted by atomic mass is 9.83. The van der Waals surface area contributed by atoms with Crippen LogP contribution in [0.3, 0.4) is 0 Å². The van der Waals surface area contributed by atoms with Crippen LogP contribution >= 0.6 is 0 Å². The summed E-state index contributed by atoms with van der Waals surface area (Å²) in [6.07, 6.45) is 14.3. The van der Waals surface area contributed by atoms with Gasteiger partial charge in [0.25, 0.3) is 0 Å². The van der Waals surface area contributed by atoms with E-state index >= 15 is 0 Å². The van der Waals surface area contributed by atoms with Gasteiger partial charge in [0, 0.05) is 18.1 Å². The molecule has 2 heteroatoms. The molecular formula is C17H32N2. The molecule has 1 saturated heterocycles. The molecule has 1 aliphatic heterocycles. The maximum atomic E-state index is 4.05. The molecule has 2 N–H and O–H groups in total. The van der Waals surface area contributed by atoms with Crippen LogP contribution in [0.2, 0.25) is 0 Å². The molecule has 3 fully saturated rings. The molecule has 0 radical (unpaired) electrons. The monoisotopic (exact) mass is 264 g/mol. The van der Waals surface area contributed by atoms with Crippen molar-refractivity contribution in [3.63, 3.8) is 0 Å². The van der Waals surface area contributed by atoms with Crippen molar-refractivity contribution in [2.24, 2.45) is 11.8 Å². The lowest BCUT2D eigenvalue weighted by Gasteiger charge is -2.34. The Bertz CT molecular complexity index is 264. The van der Waals surface area contributed by atoms with Crippen LogP contribution in [0, 0.1) is 11.8 Å². The van der Waals surface area contributed by atoms with Gasteiger partial charge in [-0.3, -0.25) is 0 Å². The molecule has 3 aliphatic rings. The number of nitrogens with one attached hydrogen (secondary N) is 2. The molecule has 3 rings (SSSR count). The lowest BCUT2D eigenvalue weighted by molar-refractivity contribution is 0.236. The number of hydrogen-bond donors (Lipinski definition) is 2. The summed E-state index contributed by atoms with van der Waals surface area (Å²) < 4.78 is 0. The van der Waals surface area contributed by atoms with Crippen molar-refractivity contribution in [1.82, 2.24) is 10.6 Å². The maximum Gasteiger partial charge on any atom is 0.0113 e. The molecule has 0 spiro atoms. The van der Waals surface area contributed by atoms with Crippen molar-refractivity contribution >= 4 is 0 Å². The summed E-state index contributed by atoms with van der Waals surface area (Å²) in [5, 5.41) is 7.79. The zero-order chi connectivity index (χ0) is 13.1. The highest BCUT2D eigenvalue weighted by Gasteiger charge is 2.36. The quantitative estimate of drug-likeness (QED) is 0.812. The predicted molar refractivity (Wildman–Crippen MR) is 81.3 cm³/mol. The molecule has 0 aromatic carbocycles. The van der Waals surface area contributed by atoms with Crippen LogP contribution in [0.15, 0.2) is 0 Å². The Morgan fingerprint density at radius 2 is 1.79 bits per heavy atom. The SMILES string of the molecule is CCC1CCC(NC2CCCC2C2CCCN2)CC1. The molecule has 0 amide bonds. The molecule has 3 unspecified atom stereocenters. The third-order valence-corrected chi connectivity index (χ3v) is 6.06. The summed E-state index contributed by atoms with van der Waals surface area (Å²) >= 11 is 0. The van der Waals surface area contributed by atoms with Gasteiger partial charge in [-0.2, -0.15) is 0 Å². The smallest absolute Gasteiger partial charge is 0.0113 e. The van der Waals surface area contributed by atoms with Crippen LogP contribution < -0.4 is 10.6 Å². The third kappa shape index (κ3) is 3.33. The van der Waals surface area contributed by atoms with Crippen molar-refractivity contribution in [3.05, 3.63) is 0 Å². The average molecular weight is 264 g/mol. The molecule has 19 heavy (non-hydrogen) atoms. The minimum Gasteiger partial charge on any atom is -0.314 e. The Hall–Kier alpha value is -0.0800. The second kappa shape index (κ2) is 6.58. The van der Waals surface area contributed by atoms with Gasteiger partial charge in [0.1, 0.15) is 0 Å². The summed E-state index contributed by atoms with van der Waals surface area (Å²) in [7, 11) is 0. The second-order valence-corrected chi connectivity index (χ2v) is 7.20. The van der Waals surface area contributed by atoms with E-state index in [-0.39, 0.29) is 0 Å². The van der Waals surface area contributed by atoms with Gasteiger partial charge in [-0.25, -0.2) is 0 Å². The first-order chi connectivity index (χ1) is 9.36. The average Bonchev–Trinajstić information content (AvgIpc) is 3.10. The van der Waals surface area contributed by atoms with Gasteiger partial charge in [-0.15, -0.1) is 0 Å². The number of rotatable bonds is 4. The van der Waals surface area contributed by atoms with Gasteiger partial charge in [0.2, 0.25) is 0 Å². The summed E-state index contributed by atoms with van der Waals surface area (Å²) in [6.45, 7) is 3.62. The Balaban J connectivity index is 1.48. The third-order valence-electron chi connectivity index (χ3n) is 6.06. The van der Waals surface area contributed by atoms with Crippen LogP contribution in [0.4, 0.5) is 0 Å². The van der Waals surface area contributed by atoms with E-state index in [0.717, 1.165) is 30.0 Å². The van der Waals surface area contributed by atoms with E-state index in [1.807, 2.05) is 0 Å². The van der Waals surface area contributed by atoms with Gasteiger partial charge in [0.05, 0.1) is 0 Å². The van der Waals surface area contributed by atoms with E-state index in [9.17, 15) is 0 Å². The first kappa shape index (κ1) is 13.9. The van der Waals surface area contributed by atoms with E-state index in [1.54, 1.807) is 0 Å². The Kier molecular flexibility index (Phi) is 4.81. The van der Waals surface area contributed by atoms with E-state index in [4.69, 9.17) is 0 Å². The standard InChI is InChI=1S/C17H32N2/c1-2-13-8-10-14(11-9-13)19-17-6-3-5-15(17)16-7-4-12-18-16/h13-19H,2-12H2,1H3. The van der Waals surface area contributed by atoms with Crippen LogP contribution in [-0.4, -0.2) is 24.7 Å². The molecule has 2 nitrogen and oxygen atoms in total. The normalized spacial score (nSPS) is 43.7. The van der Waals surface area contributed by atoms with Crippen LogP contribution in [0.1, 0.15) is 71.1 Å². The zero-order valence-corrected chi connectivity index (χ0v) is 12.7.